The average molecular weight is 367 g/mol. The lowest BCUT2D eigenvalue weighted by Crippen LogP contribution is -2.39. The summed E-state index contributed by atoms with van der Waals surface area (Å²) >= 11 is 0. The SMILES string of the molecule is O=C(NCCc1ccncc1)C(NCCC1CCNCC1)c1ccncc1. The lowest BCUT2D eigenvalue weighted by Gasteiger charge is -2.24. The minimum absolute atomic E-state index is 0.0144. The van der Waals surface area contributed by atoms with Crippen LogP contribution in [0.4, 0.5) is 0 Å². The molecule has 0 aliphatic carbocycles. The van der Waals surface area contributed by atoms with E-state index in [4.69, 9.17) is 0 Å². The molecule has 0 radical (unpaired) electrons. The zero-order chi connectivity index (χ0) is 18.7. The van der Waals surface area contributed by atoms with Crippen LogP contribution in [-0.2, 0) is 11.2 Å². The highest BCUT2D eigenvalue weighted by atomic mass is 16.2. The number of nitrogens with one attached hydrogen (secondary N) is 3. The van der Waals surface area contributed by atoms with E-state index < -0.39 is 0 Å². The maximum atomic E-state index is 12.8. The van der Waals surface area contributed by atoms with Crippen molar-refractivity contribution < 1.29 is 4.79 Å². The molecule has 2 aromatic rings. The molecular formula is C21H29N5O. The van der Waals surface area contributed by atoms with Gasteiger partial charge >= 0.3 is 0 Å². The predicted octanol–water partition coefficient (Wildman–Crippen LogP) is 1.86. The van der Waals surface area contributed by atoms with E-state index in [1.54, 1.807) is 24.8 Å². The van der Waals surface area contributed by atoms with Crippen LogP contribution in [0.3, 0.4) is 0 Å². The van der Waals surface area contributed by atoms with Crippen molar-refractivity contribution in [3.05, 3.63) is 60.2 Å². The molecule has 1 saturated heterocycles. The molecule has 1 aliphatic heterocycles. The Morgan fingerprint density at radius 3 is 2.41 bits per heavy atom. The number of rotatable bonds is 9. The van der Waals surface area contributed by atoms with Gasteiger partial charge in [0.1, 0.15) is 6.04 Å². The van der Waals surface area contributed by atoms with E-state index in [9.17, 15) is 4.79 Å². The fraction of sp³-hybridized carbons (Fsp3) is 0.476. The van der Waals surface area contributed by atoms with Crippen molar-refractivity contribution in [1.82, 2.24) is 25.9 Å². The second kappa shape index (κ2) is 10.7. The van der Waals surface area contributed by atoms with Gasteiger partial charge in [0.05, 0.1) is 0 Å². The third-order valence-corrected chi connectivity index (χ3v) is 5.12. The molecular weight excluding hydrogens is 338 g/mol. The molecule has 6 nitrogen and oxygen atoms in total. The van der Waals surface area contributed by atoms with Crippen LogP contribution in [0.2, 0.25) is 0 Å². The summed E-state index contributed by atoms with van der Waals surface area (Å²) in [6.45, 7) is 3.66. The zero-order valence-corrected chi connectivity index (χ0v) is 15.7. The van der Waals surface area contributed by atoms with Crippen LogP contribution < -0.4 is 16.0 Å². The standard InChI is InChI=1S/C21H29N5O/c27-21(26-16-6-18-3-11-23-12-4-18)20(19-7-13-24-14-8-19)25-15-5-17-1-9-22-10-2-17/h3-4,7-8,11-14,17,20,22,25H,1-2,5-6,9-10,15-16H2,(H,26,27). The Bertz CT molecular complexity index is 673. The molecule has 27 heavy (non-hydrogen) atoms. The van der Waals surface area contributed by atoms with Gasteiger partial charge in [0.2, 0.25) is 5.91 Å². The molecule has 1 amide bonds. The Labute approximate surface area is 161 Å². The van der Waals surface area contributed by atoms with Gasteiger partial charge < -0.3 is 16.0 Å². The first-order chi connectivity index (χ1) is 13.3. The Morgan fingerprint density at radius 1 is 1.04 bits per heavy atom. The molecule has 144 valence electrons. The number of hydrogen-bond acceptors (Lipinski definition) is 5. The van der Waals surface area contributed by atoms with Crippen LogP contribution in [0.25, 0.3) is 0 Å². The summed E-state index contributed by atoms with van der Waals surface area (Å²) in [5.41, 5.74) is 2.13. The quantitative estimate of drug-likeness (QED) is 0.630. The van der Waals surface area contributed by atoms with Gasteiger partial charge in [-0.05, 0) is 86.6 Å². The summed E-state index contributed by atoms with van der Waals surface area (Å²) in [5.74, 6) is 0.757. The number of carbonyl (C=O) groups is 1. The Kier molecular flexibility index (Phi) is 7.74. The van der Waals surface area contributed by atoms with Crippen LogP contribution in [0.5, 0.6) is 0 Å². The van der Waals surface area contributed by atoms with Crippen LogP contribution in [-0.4, -0.2) is 42.1 Å². The van der Waals surface area contributed by atoms with Gasteiger partial charge in [-0.3, -0.25) is 14.8 Å². The third kappa shape index (κ3) is 6.41. The summed E-state index contributed by atoms with van der Waals surface area (Å²) in [5, 5.41) is 9.93. The summed E-state index contributed by atoms with van der Waals surface area (Å²) < 4.78 is 0. The van der Waals surface area contributed by atoms with Crippen molar-refractivity contribution in [2.24, 2.45) is 5.92 Å². The van der Waals surface area contributed by atoms with E-state index in [2.05, 4.69) is 25.9 Å². The van der Waals surface area contributed by atoms with E-state index in [0.717, 1.165) is 44.0 Å². The number of nitrogens with zero attached hydrogens (tertiary/aromatic N) is 2. The number of piperidine rings is 1. The van der Waals surface area contributed by atoms with Gasteiger partial charge in [0.15, 0.2) is 0 Å². The molecule has 1 fully saturated rings. The number of carbonyl (C=O) groups excluding carboxylic acids is 1. The summed E-state index contributed by atoms with van der Waals surface area (Å²) in [6.07, 6.45) is 11.4. The van der Waals surface area contributed by atoms with Crippen LogP contribution >= 0.6 is 0 Å². The normalized spacial score (nSPS) is 16.0. The van der Waals surface area contributed by atoms with E-state index in [-0.39, 0.29) is 11.9 Å². The van der Waals surface area contributed by atoms with Gasteiger partial charge in [0, 0.05) is 31.3 Å². The van der Waals surface area contributed by atoms with Crippen LogP contribution in [0.15, 0.2) is 49.1 Å². The van der Waals surface area contributed by atoms with E-state index >= 15 is 0 Å². The highest BCUT2D eigenvalue weighted by molar-refractivity contribution is 5.83. The molecule has 3 rings (SSSR count). The van der Waals surface area contributed by atoms with Gasteiger partial charge in [-0.25, -0.2) is 0 Å². The molecule has 6 heteroatoms. The van der Waals surface area contributed by atoms with Crippen molar-refractivity contribution in [2.45, 2.75) is 31.7 Å². The highest BCUT2D eigenvalue weighted by Gasteiger charge is 2.20. The van der Waals surface area contributed by atoms with Gasteiger partial charge in [0.25, 0.3) is 0 Å². The van der Waals surface area contributed by atoms with Crippen molar-refractivity contribution in [3.63, 3.8) is 0 Å². The smallest absolute Gasteiger partial charge is 0.241 e. The van der Waals surface area contributed by atoms with Crippen LogP contribution in [0, 0.1) is 5.92 Å². The van der Waals surface area contributed by atoms with E-state index in [1.165, 1.54) is 18.4 Å². The number of hydrogen-bond donors (Lipinski definition) is 3. The number of amides is 1. The van der Waals surface area contributed by atoms with E-state index in [0.29, 0.717) is 6.54 Å². The highest BCUT2D eigenvalue weighted by Crippen LogP contribution is 2.17. The molecule has 3 heterocycles. The first-order valence-corrected chi connectivity index (χ1v) is 9.83. The van der Waals surface area contributed by atoms with Crippen LogP contribution in [0.1, 0.15) is 36.4 Å². The average Bonchev–Trinajstić information content (AvgIpc) is 2.73. The molecule has 0 aromatic carbocycles. The molecule has 0 spiro atoms. The van der Waals surface area contributed by atoms with Crippen molar-refractivity contribution in [3.8, 4) is 0 Å². The number of pyridine rings is 2. The maximum Gasteiger partial charge on any atom is 0.241 e. The van der Waals surface area contributed by atoms with Gasteiger partial charge in [-0.1, -0.05) is 0 Å². The third-order valence-electron chi connectivity index (χ3n) is 5.12. The lowest BCUT2D eigenvalue weighted by atomic mass is 9.94. The first kappa shape index (κ1) is 19.5. The van der Waals surface area contributed by atoms with Crippen molar-refractivity contribution >= 4 is 5.91 Å². The molecule has 3 N–H and O–H groups in total. The zero-order valence-electron chi connectivity index (χ0n) is 15.7. The molecule has 2 aromatic heterocycles. The number of aromatic nitrogens is 2. The molecule has 0 saturated carbocycles. The Morgan fingerprint density at radius 2 is 1.70 bits per heavy atom. The van der Waals surface area contributed by atoms with Crippen molar-refractivity contribution in [1.29, 1.82) is 0 Å². The molecule has 1 unspecified atom stereocenters. The maximum absolute atomic E-state index is 12.8. The molecule has 1 atom stereocenters. The van der Waals surface area contributed by atoms with E-state index in [1.807, 2.05) is 24.3 Å². The summed E-state index contributed by atoms with van der Waals surface area (Å²) in [6, 6.07) is 7.43. The second-order valence-corrected chi connectivity index (χ2v) is 7.05. The summed E-state index contributed by atoms with van der Waals surface area (Å²) in [7, 11) is 0. The van der Waals surface area contributed by atoms with Gasteiger partial charge in [-0.15, -0.1) is 0 Å². The molecule has 1 aliphatic rings. The van der Waals surface area contributed by atoms with Gasteiger partial charge in [-0.2, -0.15) is 0 Å². The largest absolute Gasteiger partial charge is 0.354 e. The minimum Gasteiger partial charge on any atom is -0.354 e. The molecule has 0 bridgehead atoms. The van der Waals surface area contributed by atoms with Crippen molar-refractivity contribution in [2.75, 3.05) is 26.2 Å². The first-order valence-electron chi connectivity index (χ1n) is 9.83. The minimum atomic E-state index is -0.341. The lowest BCUT2D eigenvalue weighted by molar-refractivity contribution is -0.123. The fourth-order valence-corrected chi connectivity index (χ4v) is 3.50. The summed E-state index contributed by atoms with van der Waals surface area (Å²) in [4.78, 5) is 20.9. The monoisotopic (exact) mass is 367 g/mol. The topological polar surface area (TPSA) is 78.9 Å². The Balaban J connectivity index is 1.51. The fourth-order valence-electron chi connectivity index (χ4n) is 3.50. The second-order valence-electron chi connectivity index (χ2n) is 7.05. The predicted molar refractivity (Wildman–Crippen MR) is 106 cm³/mol. The Hall–Kier alpha value is -2.31.